The number of nitrogens with zero attached hydrogens (tertiary/aromatic N) is 3. The molecule has 3 fully saturated rings. The van der Waals surface area contributed by atoms with E-state index in [0.717, 1.165) is 29.3 Å². The number of hydrogen-bond donors (Lipinski definition) is 2. The molecule has 4 aliphatic rings. The number of fused-ring (bicyclic) bond motifs is 5. The molecule has 1 saturated carbocycles. The molecule has 1 aliphatic carbocycles. The van der Waals surface area contributed by atoms with Gasteiger partial charge in [-0.15, -0.1) is 11.8 Å². The Hall–Kier alpha value is -3.33. The Bertz CT molecular complexity index is 1260. The van der Waals surface area contributed by atoms with Gasteiger partial charge in [-0.2, -0.15) is 0 Å². The molecule has 3 heterocycles. The molecule has 2 saturated heterocycles. The molecule has 1 atom stereocenters. The molecule has 206 valence electrons. The summed E-state index contributed by atoms with van der Waals surface area (Å²) in [6, 6.07) is 14.5. The minimum Gasteiger partial charge on any atom is -0.341 e. The zero-order chi connectivity index (χ0) is 27.5. The molecule has 2 bridgehead atoms. The number of urea groups is 1. The lowest BCUT2D eigenvalue weighted by Gasteiger charge is -2.29. The number of carbonyl (C=O) groups excluding carboxylic acids is 3. The summed E-state index contributed by atoms with van der Waals surface area (Å²) < 4.78 is 0. The van der Waals surface area contributed by atoms with Gasteiger partial charge in [-0.25, -0.2) is 4.79 Å². The zero-order valence-electron chi connectivity index (χ0n) is 22.9. The number of benzene rings is 2. The summed E-state index contributed by atoms with van der Waals surface area (Å²) in [6.45, 7) is 5.46. The third kappa shape index (κ3) is 6.13. The predicted molar refractivity (Wildman–Crippen MR) is 156 cm³/mol. The lowest BCUT2D eigenvalue weighted by atomic mass is 9.84. The number of thioether (sulfide) groups is 1. The predicted octanol–water partition coefficient (Wildman–Crippen LogP) is 5.00. The first-order valence-electron chi connectivity index (χ1n) is 13.8. The molecule has 9 heteroatoms. The van der Waals surface area contributed by atoms with Gasteiger partial charge in [0.05, 0.1) is 5.69 Å². The average Bonchev–Trinajstić information content (AvgIpc) is 3.32. The molecular weight excluding hydrogens is 510 g/mol. The van der Waals surface area contributed by atoms with Crippen LogP contribution in [0.3, 0.4) is 0 Å². The molecule has 39 heavy (non-hydrogen) atoms. The van der Waals surface area contributed by atoms with E-state index in [1.165, 1.54) is 30.6 Å². The fourth-order valence-corrected chi connectivity index (χ4v) is 6.36. The number of para-hydroxylation sites is 1. The van der Waals surface area contributed by atoms with Gasteiger partial charge in [0.15, 0.2) is 0 Å². The van der Waals surface area contributed by atoms with Gasteiger partial charge in [0.2, 0.25) is 12.1 Å². The van der Waals surface area contributed by atoms with Crippen LogP contribution in [0, 0.1) is 17.8 Å². The van der Waals surface area contributed by atoms with Crippen molar-refractivity contribution in [1.29, 1.82) is 0 Å². The summed E-state index contributed by atoms with van der Waals surface area (Å²) in [6.07, 6.45) is 5.50. The van der Waals surface area contributed by atoms with Crippen molar-refractivity contribution in [1.82, 2.24) is 10.2 Å². The maximum atomic E-state index is 14.0. The second-order valence-corrected chi connectivity index (χ2v) is 11.9. The summed E-state index contributed by atoms with van der Waals surface area (Å²) in [5.41, 5.74) is 2.80. The standard InChI is InChI=1S/C30H37N5O3S/c1-19(2)27-24-9-4-5-10-25(24)35(18-26(36)34-16-20-11-12-21(17-34)14-13-20)29(37)28(32-27)33-30(38)31-22-7-6-8-23(15-22)39-3/h4-10,15,19-21,28H,11-14,16-18H2,1-3H3,(H2,31,33,38). The first kappa shape index (κ1) is 27.2. The average molecular weight is 548 g/mol. The van der Waals surface area contributed by atoms with Crippen molar-refractivity contribution in [3.8, 4) is 0 Å². The van der Waals surface area contributed by atoms with Crippen molar-refractivity contribution < 1.29 is 14.4 Å². The minimum absolute atomic E-state index is 0.00135. The number of aliphatic imine (C=N–C) groups is 1. The van der Waals surface area contributed by atoms with E-state index >= 15 is 0 Å². The molecule has 3 aliphatic heterocycles. The Morgan fingerprint density at radius 2 is 1.72 bits per heavy atom. The third-order valence-electron chi connectivity index (χ3n) is 7.95. The molecule has 2 N–H and O–H groups in total. The van der Waals surface area contributed by atoms with Gasteiger partial charge in [-0.3, -0.25) is 19.5 Å². The lowest BCUT2D eigenvalue weighted by molar-refractivity contribution is -0.132. The minimum atomic E-state index is -1.16. The van der Waals surface area contributed by atoms with Crippen LogP contribution in [0.4, 0.5) is 16.2 Å². The zero-order valence-corrected chi connectivity index (χ0v) is 23.7. The maximum Gasteiger partial charge on any atom is 0.321 e. The summed E-state index contributed by atoms with van der Waals surface area (Å²) in [4.78, 5) is 49.9. The van der Waals surface area contributed by atoms with Gasteiger partial charge in [-0.1, -0.05) is 38.1 Å². The van der Waals surface area contributed by atoms with Crippen molar-refractivity contribution in [3.05, 3.63) is 54.1 Å². The molecule has 8 nitrogen and oxygen atoms in total. The fraction of sp³-hybridized carbons (Fsp3) is 0.467. The van der Waals surface area contributed by atoms with Crippen LogP contribution < -0.4 is 15.5 Å². The summed E-state index contributed by atoms with van der Waals surface area (Å²) >= 11 is 1.58. The monoisotopic (exact) mass is 547 g/mol. The Morgan fingerprint density at radius 1 is 1.03 bits per heavy atom. The van der Waals surface area contributed by atoms with Crippen molar-refractivity contribution in [2.75, 3.05) is 36.1 Å². The first-order chi connectivity index (χ1) is 18.8. The number of anilines is 2. The molecule has 4 amide bonds. The van der Waals surface area contributed by atoms with E-state index in [1.807, 2.05) is 67.5 Å². The number of rotatable bonds is 6. The number of benzodiazepines with no additional fused rings is 1. The largest absolute Gasteiger partial charge is 0.341 e. The lowest BCUT2D eigenvalue weighted by Crippen LogP contribution is -2.52. The van der Waals surface area contributed by atoms with E-state index in [9.17, 15) is 14.4 Å². The molecule has 6 rings (SSSR count). The van der Waals surface area contributed by atoms with Crippen molar-refractivity contribution in [3.63, 3.8) is 0 Å². The highest BCUT2D eigenvalue weighted by Gasteiger charge is 2.37. The van der Waals surface area contributed by atoms with Gasteiger partial charge < -0.3 is 15.5 Å². The molecule has 0 radical (unpaired) electrons. The Morgan fingerprint density at radius 3 is 2.38 bits per heavy atom. The van der Waals surface area contributed by atoms with Crippen LogP contribution >= 0.6 is 11.8 Å². The Balaban J connectivity index is 1.41. The highest BCUT2D eigenvalue weighted by Crippen LogP contribution is 2.34. The van der Waals surface area contributed by atoms with Crippen LogP contribution in [-0.2, 0) is 9.59 Å². The molecule has 0 aromatic heterocycles. The van der Waals surface area contributed by atoms with Crippen LogP contribution in [0.2, 0.25) is 0 Å². The highest BCUT2D eigenvalue weighted by atomic mass is 32.2. The van der Waals surface area contributed by atoms with E-state index in [4.69, 9.17) is 4.99 Å². The summed E-state index contributed by atoms with van der Waals surface area (Å²) in [5.74, 6) is 0.609. The number of amides is 4. The van der Waals surface area contributed by atoms with Gasteiger partial charge in [-0.05, 0) is 74.0 Å². The molecular formula is C30H37N5O3S. The quantitative estimate of drug-likeness (QED) is 0.498. The topological polar surface area (TPSA) is 94.1 Å². The van der Waals surface area contributed by atoms with Crippen molar-refractivity contribution in [2.24, 2.45) is 22.7 Å². The second-order valence-electron chi connectivity index (χ2n) is 11.0. The number of carbonyl (C=O) groups is 3. The Kier molecular flexibility index (Phi) is 8.26. The number of nitrogens with one attached hydrogen (secondary N) is 2. The molecule has 1 unspecified atom stereocenters. The number of hydrogen-bond acceptors (Lipinski definition) is 5. The van der Waals surface area contributed by atoms with Gasteiger partial charge in [0.25, 0.3) is 5.91 Å². The van der Waals surface area contributed by atoms with Gasteiger partial charge in [0.1, 0.15) is 6.54 Å². The van der Waals surface area contributed by atoms with Gasteiger partial charge in [0, 0.05) is 34.9 Å². The van der Waals surface area contributed by atoms with Crippen LogP contribution in [0.15, 0.2) is 58.4 Å². The SMILES string of the molecule is CSc1cccc(NC(=O)NC2N=C(C(C)C)c3ccccc3N(CC(=O)N3CC4CCC(CC4)C3)C2=O)c1. The maximum absolute atomic E-state index is 14.0. The third-order valence-corrected chi connectivity index (χ3v) is 8.68. The fourth-order valence-electron chi connectivity index (χ4n) is 5.90. The van der Waals surface area contributed by atoms with Crippen LogP contribution in [0.5, 0.6) is 0 Å². The van der Waals surface area contributed by atoms with Crippen molar-refractivity contribution >= 4 is 46.7 Å². The van der Waals surface area contributed by atoms with Crippen LogP contribution in [0.1, 0.15) is 45.1 Å². The van der Waals surface area contributed by atoms with Crippen LogP contribution in [0.25, 0.3) is 0 Å². The molecule has 2 aromatic rings. The van der Waals surface area contributed by atoms with E-state index in [1.54, 1.807) is 17.8 Å². The summed E-state index contributed by atoms with van der Waals surface area (Å²) in [5, 5.41) is 5.59. The van der Waals surface area contributed by atoms with E-state index in [-0.39, 0.29) is 18.4 Å². The van der Waals surface area contributed by atoms with E-state index < -0.39 is 18.1 Å². The van der Waals surface area contributed by atoms with E-state index in [2.05, 4.69) is 10.6 Å². The Labute approximate surface area is 234 Å². The van der Waals surface area contributed by atoms with E-state index in [0.29, 0.717) is 23.2 Å². The normalized spacial score (nSPS) is 22.6. The molecule has 2 aromatic carbocycles. The second kappa shape index (κ2) is 11.8. The van der Waals surface area contributed by atoms with Gasteiger partial charge >= 0.3 is 6.03 Å². The molecule has 0 spiro atoms. The smallest absolute Gasteiger partial charge is 0.321 e. The summed E-state index contributed by atoms with van der Waals surface area (Å²) in [7, 11) is 0. The highest BCUT2D eigenvalue weighted by molar-refractivity contribution is 7.98. The van der Waals surface area contributed by atoms with Crippen LogP contribution in [-0.4, -0.2) is 60.5 Å². The first-order valence-corrected chi connectivity index (χ1v) is 15.0. The van der Waals surface area contributed by atoms with Crippen molar-refractivity contribution in [2.45, 2.75) is 50.6 Å².